The van der Waals surface area contributed by atoms with Crippen molar-refractivity contribution in [3.05, 3.63) is 11.7 Å². The average Bonchev–Trinajstić information content (AvgIpc) is 1.99. The molecule has 0 spiro atoms. The fourth-order valence-electron chi connectivity index (χ4n) is 0.681. The van der Waals surface area contributed by atoms with E-state index in [4.69, 9.17) is 10.2 Å². The van der Waals surface area contributed by atoms with Gasteiger partial charge in [0.2, 0.25) is 0 Å². The number of unbranched alkanes of at least 4 members (excludes halogenated alkanes) is 1. The van der Waals surface area contributed by atoms with Crippen LogP contribution in [0, 0.1) is 0 Å². The minimum Gasteiger partial charge on any atom is -0.504 e. The number of allylic oxidation sites excluding steroid dienone is 1. The Balaban J connectivity index is 4.29. The third-order valence-corrected chi connectivity index (χ3v) is 3.50. The van der Waals surface area contributed by atoms with Gasteiger partial charge in [-0.3, -0.25) is 0 Å². The number of alkyl halides is 2. The van der Waals surface area contributed by atoms with Crippen LogP contribution in [0.25, 0.3) is 0 Å². The van der Waals surface area contributed by atoms with Gasteiger partial charge in [-0.25, -0.2) is 0 Å². The van der Waals surface area contributed by atoms with Crippen molar-refractivity contribution in [3.8, 4) is 0 Å². The maximum Gasteiger partial charge on any atom is 0.316 e. The van der Waals surface area contributed by atoms with Crippen molar-refractivity contribution in [1.29, 1.82) is 0 Å². The van der Waals surface area contributed by atoms with E-state index < -0.39 is 7.37 Å². The number of hydrogen-bond acceptors (Lipinski definition) is 3. The van der Waals surface area contributed by atoms with Gasteiger partial charge in [-0.15, -0.1) is 0 Å². The summed E-state index contributed by atoms with van der Waals surface area (Å²) in [5, 5.41) is 26.5. The Labute approximate surface area is 99.1 Å². The summed E-state index contributed by atoms with van der Waals surface area (Å²) in [5.74, 6) is -1.33. The first-order valence-corrected chi connectivity index (χ1v) is 5.77. The molecule has 3 N–H and O–H groups in total. The number of aliphatic hydroxyl groups excluding tert-OH is 2. The van der Waals surface area contributed by atoms with Gasteiger partial charge in [0.25, 0.3) is 0 Å². The molecule has 0 saturated carbocycles. The molecule has 12 heavy (non-hydrogen) atoms. The molecule has 5 heteroatoms. The lowest BCUT2D eigenvalue weighted by atomic mass is 10.2. The minimum atomic E-state index is -0.977. The Hall–Kier alpha value is 0.600. The van der Waals surface area contributed by atoms with Gasteiger partial charge in [-0.1, -0.05) is 64.9 Å². The lowest BCUT2D eigenvalue weighted by Crippen LogP contribution is -2.16. The third kappa shape index (κ3) is 4.01. The standard InChI is InChI=1S/C7H12I2O3/c1-2-3-4-7(8,9)5(10)6(11)12/h10-12H,2-4H2,1H3. The number of aliphatic hydroxyl groups is 3. The molecule has 0 amide bonds. The van der Waals surface area contributed by atoms with Crippen LogP contribution in [0.1, 0.15) is 26.2 Å². The molecule has 0 aliphatic rings. The summed E-state index contributed by atoms with van der Waals surface area (Å²) < 4.78 is -0.593. The van der Waals surface area contributed by atoms with Crippen LogP contribution < -0.4 is 0 Å². The molecule has 0 aliphatic carbocycles. The van der Waals surface area contributed by atoms with Gasteiger partial charge >= 0.3 is 5.95 Å². The molecule has 0 fully saturated rings. The molecule has 0 aromatic carbocycles. The van der Waals surface area contributed by atoms with Crippen molar-refractivity contribution >= 4 is 45.2 Å². The van der Waals surface area contributed by atoms with E-state index in [2.05, 4.69) is 0 Å². The Morgan fingerprint density at radius 2 is 1.75 bits per heavy atom. The van der Waals surface area contributed by atoms with E-state index in [1.165, 1.54) is 0 Å². The fraction of sp³-hybridized carbons (Fsp3) is 0.714. The zero-order valence-corrected chi connectivity index (χ0v) is 11.0. The molecule has 0 atom stereocenters. The van der Waals surface area contributed by atoms with E-state index >= 15 is 0 Å². The van der Waals surface area contributed by atoms with Crippen LogP contribution in [-0.2, 0) is 0 Å². The first kappa shape index (κ1) is 12.6. The Bertz CT molecular complexity index is 173. The molecule has 0 radical (unpaired) electrons. The summed E-state index contributed by atoms with van der Waals surface area (Å²) in [4.78, 5) is 0. The van der Waals surface area contributed by atoms with E-state index in [-0.39, 0.29) is 5.76 Å². The van der Waals surface area contributed by atoms with Crippen LogP contribution in [0.4, 0.5) is 0 Å². The smallest absolute Gasteiger partial charge is 0.316 e. The monoisotopic (exact) mass is 398 g/mol. The van der Waals surface area contributed by atoms with E-state index in [1.807, 2.05) is 52.1 Å². The lowest BCUT2D eigenvalue weighted by molar-refractivity contribution is 0.154. The molecule has 0 saturated heterocycles. The molecule has 0 rings (SSSR count). The highest BCUT2D eigenvalue weighted by atomic mass is 127. The van der Waals surface area contributed by atoms with Crippen molar-refractivity contribution < 1.29 is 15.3 Å². The number of rotatable bonds is 4. The molecule has 0 aromatic heterocycles. The topological polar surface area (TPSA) is 60.7 Å². The van der Waals surface area contributed by atoms with E-state index in [0.717, 1.165) is 19.3 Å². The molecule has 72 valence electrons. The maximum atomic E-state index is 9.25. The van der Waals surface area contributed by atoms with Crippen LogP contribution in [-0.4, -0.2) is 16.7 Å². The van der Waals surface area contributed by atoms with Crippen LogP contribution in [0.15, 0.2) is 11.7 Å². The van der Waals surface area contributed by atoms with Gasteiger partial charge in [0.15, 0.2) is 5.76 Å². The van der Waals surface area contributed by atoms with Crippen LogP contribution in [0.2, 0.25) is 0 Å². The van der Waals surface area contributed by atoms with Gasteiger partial charge in [-0.2, -0.15) is 0 Å². The van der Waals surface area contributed by atoms with E-state index in [9.17, 15) is 5.11 Å². The van der Waals surface area contributed by atoms with Gasteiger partial charge in [0, 0.05) is 0 Å². The Morgan fingerprint density at radius 1 is 1.25 bits per heavy atom. The molecule has 3 nitrogen and oxygen atoms in total. The van der Waals surface area contributed by atoms with Crippen molar-refractivity contribution in [2.45, 2.75) is 27.6 Å². The lowest BCUT2D eigenvalue weighted by Gasteiger charge is -2.18. The summed E-state index contributed by atoms with van der Waals surface area (Å²) in [6.07, 6.45) is 2.69. The molecule has 0 aliphatic heterocycles. The first-order chi connectivity index (χ1) is 5.41. The number of hydrogen-bond donors (Lipinski definition) is 3. The zero-order chi connectivity index (χ0) is 9.78. The predicted octanol–water partition coefficient (Wildman–Crippen LogP) is 3.59. The second kappa shape index (κ2) is 5.36. The Morgan fingerprint density at radius 3 is 2.08 bits per heavy atom. The largest absolute Gasteiger partial charge is 0.504 e. The highest BCUT2D eigenvalue weighted by Crippen LogP contribution is 2.39. The van der Waals surface area contributed by atoms with Crippen molar-refractivity contribution in [3.63, 3.8) is 0 Å². The van der Waals surface area contributed by atoms with E-state index in [1.54, 1.807) is 0 Å². The molecule has 0 aromatic rings. The van der Waals surface area contributed by atoms with Gasteiger partial charge in [0.05, 0.1) is 0 Å². The highest BCUT2D eigenvalue weighted by molar-refractivity contribution is 14.2. The highest BCUT2D eigenvalue weighted by Gasteiger charge is 2.30. The van der Waals surface area contributed by atoms with Gasteiger partial charge < -0.3 is 15.3 Å². The van der Waals surface area contributed by atoms with E-state index in [0.29, 0.717) is 0 Å². The Kier molecular flexibility index (Phi) is 5.62. The summed E-state index contributed by atoms with van der Waals surface area (Å²) in [7, 11) is 0. The average molecular weight is 398 g/mol. The summed E-state index contributed by atoms with van der Waals surface area (Å²) in [6, 6.07) is 0. The molecule has 0 bridgehead atoms. The zero-order valence-electron chi connectivity index (χ0n) is 6.72. The second-order valence-corrected chi connectivity index (χ2v) is 8.23. The van der Waals surface area contributed by atoms with Crippen LogP contribution >= 0.6 is 45.2 Å². The van der Waals surface area contributed by atoms with Crippen LogP contribution in [0.3, 0.4) is 0 Å². The predicted molar refractivity (Wildman–Crippen MR) is 65.2 cm³/mol. The summed E-state index contributed by atoms with van der Waals surface area (Å²) >= 11 is 4.00. The second-order valence-electron chi connectivity index (χ2n) is 2.48. The third-order valence-electron chi connectivity index (χ3n) is 1.40. The van der Waals surface area contributed by atoms with Crippen molar-refractivity contribution in [2.24, 2.45) is 0 Å². The fourth-order valence-corrected chi connectivity index (χ4v) is 1.93. The molecule has 0 unspecified atom stereocenters. The molecular weight excluding hydrogens is 386 g/mol. The van der Waals surface area contributed by atoms with Gasteiger partial charge in [-0.05, 0) is 6.42 Å². The molecular formula is C7H12I2O3. The number of halogens is 2. The van der Waals surface area contributed by atoms with Crippen molar-refractivity contribution in [1.82, 2.24) is 0 Å². The molecule has 0 heterocycles. The first-order valence-electron chi connectivity index (χ1n) is 3.61. The summed E-state index contributed by atoms with van der Waals surface area (Å²) in [5.41, 5.74) is 0. The van der Waals surface area contributed by atoms with Gasteiger partial charge in [0.1, 0.15) is 1.43 Å². The van der Waals surface area contributed by atoms with Crippen molar-refractivity contribution in [2.75, 3.05) is 0 Å². The minimum absolute atomic E-state index is 0.350. The summed E-state index contributed by atoms with van der Waals surface area (Å²) in [6.45, 7) is 2.04. The quantitative estimate of drug-likeness (QED) is 0.386. The maximum absolute atomic E-state index is 9.25. The SMILES string of the molecule is CCCCC(I)(I)C(O)=C(O)O. The van der Waals surface area contributed by atoms with Crippen LogP contribution in [0.5, 0.6) is 0 Å². The normalized spacial score (nSPS) is 11.2.